The van der Waals surface area contributed by atoms with E-state index in [1.165, 1.54) is 0 Å². The van der Waals surface area contributed by atoms with Crippen LogP contribution in [-0.2, 0) is 9.53 Å². The lowest BCUT2D eigenvalue weighted by Crippen LogP contribution is -2.54. The van der Waals surface area contributed by atoms with Gasteiger partial charge in [-0.25, -0.2) is 4.79 Å². The molecule has 6 nitrogen and oxygen atoms in total. The SMILES string of the molecule is CC1OCCC1(C)NC(=O)N1C[C@@H](C)[C@H](C(=O)O)C1. The quantitative estimate of drug-likeness (QED) is 0.782. The number of likely N-dealkylation sites (tertiary alicyclic amines) is 1. The van der Waals surface area contributed by atoms with Crippen molar-refractivity contribution in [2.24, 2.45) is 11.8 Å². The fourth-order valence-corrected chi connectivity index (χ4v) is 2.78. The van der Waals surface area contributed by atoms with Crippen LogP contribution in [-0.4, -0.2) is 53.3 Å². The van der Waals surface area contributed by atoms with Crippen molar-refractivity contribution in [3.63, 3.8) is 0 Å². The second kappa shape index (κ2) is 5.00. The van der Waals surface area contributed by atoms with Crippen LogP contribution in [0.15, 0.2) is 0 Å². The van der Waals surface area contributed by atoms with Crippen LogP contribution in [0.1, 0.15) is 27.2 Å². The Labute approximate surface area is 113 Å². The van der Waals surface area contributed by atoms with Crippen LogP contribution in [0.25, 0.3) is 0 Å². The highest BCUT2D eigenvalue weighted by Gasteiger charge is 2.42. The van der Waals surface area contributed by atoms with Crippen LogP contribution in [0.4, 0.5) is 4.79 Å². The second-order valence-corrected chi connectivity index (χ2v) is 5.94. The molecule has 0 aliphatic carbocycles. The summed E-state index contributed by atoms with van der Waals surface area (Å²) in [5, 5.41) is 12.1. The minimum Gasteiger partial charge on any atom is -0.481 e. The summed E-state index contributed by atoms with van der Waals surface area (Å²) in [5.74, 6) is -1.30. The molecule has 4 atom stereocenters. The molecule has 0 aromatic heterocycles. The number of carbonyl (C=O) groups excluding carboxylic acids is 1. The Hall–Kier alpha value is -1.30. The fraction of sp³-hybridized carbons (Fsp3) is 0.846. The lowest BCUT2D eigenvalue weighted by Gasteiger charge is -2.31. The normalized spacial score (nSPS) is 38.5. The number of rotatable bonds is 2. The van der Waals surface area contributed by atoms with Gasteiger partial charge in [0.2, 0.25) is 0 Å². The zero-order chi connectivity index (χ0) is 14.2. The Bertz CT molecular complexity index is 387. The number of ether oxygens (including phenoxy) is 1. The number of amides is 2. The topological polar surface area (TPSA) is 78.9 Å². The lowest BCUT2D eigenvalue weighted by atomic mass is 9.95. The third-order valence-corrected chi connectivity index (χ3v) is 4.50. The predicted molar refractivity (Wildman–Crippen MR) is 68.8 cm³/mol. The van der Waals surface area contributed by atoms with Crippen molar-refractivity contribution in [3.8, 4) is 0 Å². The summed E-state index contributed by atoms with van der Waals surface area (Å²) in [6, 6.07) is -0.185. The molecule has 2 saturated heterocycles. The van der Waals surface area contributed by atoms with E-state index in [1.807, 2.05) is 20.8 Å². The van der Waals surface area contributed by atoms with Gasteiger partial charge in [-0.2, -0.15) is 0 Å². The van der Waals surface area contributed by atoms with Crippen molar-refractivity contribution >= 4 is 12.0 Å². The van der Waals surface area contributed by atoms with Gasteiger partial charge in [-0.1, -0.05) is 6.92 Å². The number of nitrogens with one attached hydrogen (secondary N) is 1. The van der Waals surface area contributed by atoms with Crippen LogP contribution in [0.2, 0.25) is 0 Å². The standard InChI is InChI=1S/C13H22N2O4/c1-8-6-15(7-10(8)11(16)17)12(18)14-13(3)4-5-19-9(13)2/h8-10H,4-7H2,1-3H3,(H,14,18)(H,16,17)/t8-,9?,10-,13?/m1/s1. The minimum absolute atomic E-state index is 0.00620. The van der Waals surface area contributed by atoms with Crippen LogP contribution < -0.4 is 5.32 Å². The number of urea groups is 1. The highest BCUT2D eigenvalue weighted by molar-refractivity contribution is 5.78. The largest absolute Gasteiger partial charge is 0.481 e. The van der Waals surface area contributed by atoms with Crippen molar-refractivity contribution in [3.05, 3.63) is 0 Å². The number of carbonyl (C=O) groups is 2. The molecule has 108 valence electrons. The van der Waals surface area contributed by atoms with E-state index in [1.54, 1.807) is 4.90 Å². The van der Waals surface area contributed by atoms with E-state index in [0.717, 1.165) is 6.42 Å². The zero-order valence-corrected chi connectivity index (χ0v) is 11.7. The molecular weight excluding hydrogens is 248 g/mol. The van der Waals surface area contributed by atoms with E-state index in [9.17, 15) is 9.59 Å². The Morgan fingerprint density at radius 3 is 2.53 bits per heavy atom. The fourth-order valence-electron chi connectivity index (χ4n) is 2.78. The average molecular weight is 270 g/mol. The van der Waals surface area contributed by atoms with Gasteiger partial charge in [0.15, 0.2) is 0 Å². The summed E-state index contributed by atoms with van der Waals surface area (Å²) in [4.78, 5) is 24.9. The van der Waals surface area contributed by atoms with Gasteiger partial charge in [0.05, 0.1) is 17.6 Å². The van der Waals surface area contributed by atoms with Gasteiger partial charge in [0.1, 0.15) is 0 Å². The monoisotopic (exact) mass is 270 g/mol. The van der Waals surface area contributed by atoms with Gasteiger partial charge in [0.25, 0.3) is 0 Å². The average Bonchev–Trinajstić information content (AvgIpc) is 2.84. The maximum Gasteiger partial charge on any atom is 0.317 e. The molecule has 0 aromatic rings. The van der Waals surface area contributed by atoms with E-state index in [2.05, 4.69) is 5.32 Å². The first kappa shape index (κ1) is 14.1. The van der Waals surface area contributed by atoms with E-state index in [-0.39, 0.29) is 30.1 Å². The van der Waals surface area contributed by atoms with Crippen molar-refractivity contribution in [1.82, 2.24) is 10.2 Å². The molecule has 0 spiro atoms. The maximum atomic E-state index is 12.2. The van der Waals surface area contributed by atoms with E-state index >= 15 is 0 Å². The molecule has 2 aliphatic heterocycles. The number of carboxylic acids is 1. The predicted octanol–water partition coefficient (Wildman–Crippen LogP) is 0.916. The highest BCUT2D eigenvalue weighted by atomic mass is 16.5. The highest BCUT2D eigenvalue weighted by Crippen LogP contribution is 2.27. The molecule has 2 amide bonds. The molecule has 0 saturated carbocycles. The third kappa shape index (κ3) is 2.68. The van der Waals surface area contributed by atoms with E-state index in [4.69, 9.17) is 9.84 Å². The van der Waals surface area contributed by atoms with Gasteiger partial charge in [-0.15, -0.1) is 0 Å². The zero-order valence-electron chi connectivity index (χ0n) is 11.7. The third-order valence-electron chi connectivity index (χ3n) is 4.50. The molecule has 6 heteroatoms. The first-order valence-corrected chi connectivity index (χ1v) is 6.75. The first-order chi connectivity index (χ1) is 8.83. The summed E-state index contributed by atoms with van der Waals surface area (Å²) in [5.41, 5.74) is -0.359. The molecule has 2 fully saturated rings. The van der Waals surface area contributed by atoms with E-state index < -0.39 is 11.9 Å². The summed E-state index contributed by atoms with van der Waals surface area (Å²) in [7, 11) is 0. The molecule has 0 bridgehead atoms. The molecule has 0 aromatic carbocycles. The molecule has 2 rings (SSSR count). The summed E-state index contributed by atoms with van der Waals surface area (Å²) < 4.78 is 5.49. The molecule has 2 N–H and O–H groups in total. The number of hydrogen-bond acceptors (Lipinski definition) is 3. The smallest absolute Gasteiger partial charge is 0.317 e. The Morgan fingerprint density at radius 1 is 1.37 bits per heavy atom. The first-order valence-electron chi connectivity index (χ1n) is 6.75. The van der Waals surface area contributed by atoms with E-state index in [0.29, 0.717) is 13.2 Å². The van der Waals surface area contributed by atoms with Crippen molar-refractivity contribution < 1.29 is 19.4 Å². The van der Waals surface area contributed by atoms with Crippen LogP contribution >= 0.6 is 0 Å². The van der Waals surface area contributed by atoms with Crippen LogP contribution in [0.3, 0.4) is 0 Å². The molecule has 0 radical (unpaired) electrons. The maximum absolute atomic E-state index is 12.2. The van der Waals surface area contributed by atoms with Gasteiger partial charge in [-0.3, -0.25) is 4.79 Å². The Morgan fingerprint density at radius 2 is 2.05 bits per heavy atom. The second-order valence-electron chi connectivity index (χ2n) is 5.94. The van der Waals surface area contributed by atoms with Gasteiger partial charge in [0, 0.05) is 19.7 Å². The van der Waals surface area contributed by atoms with Crippen molar-refractivity contribution in [2.45, 2.75) is 38.8 Å². The van der Waals surface area contributed by atoms with Crippen molar-refractivity contribution in [2.75, 3.05) is 19.7 Å². The Balaban J connectivity index is 1.96. The summed E-state index contributed by atoms with van der Waals surface area (Å²) in [6.45, 7) is 7.21. The number of aliphatic carboxylic acids is 1. The number of carboxylic acid groups (broad SMARTS) is 1. The number of hydrogen-bond donors (Lipinski definition) is 2. The molecule has 2 unspecified atom stereocenters. The van der Waals surface area contributed by atoms with Crippen molar-refractivity contribution in [1.29, 1.82) is 0 Å². The molecule has 2 heterocycles. The molecule has 19 heavy (non-hydrogen) atoms. The minimum atomic E-state index is -0.827. The summed E-state index contributed by atoms with van der Waals surface area (Å²) >= 11 is 0. The van der Waals surface area contributed by atoms with Gasteiger partial charge >= 0.3 is 12.0 Å². The molecular formula is C13H22N2O4. The summed E-state index contributed by atoms with van der Waals surface area (Å²) in [6.07, 6.45) is 0.762. The molecule has 2 aliphatic rings. The van der Waals surface area contributed by atoms with Gasteiger partial charge < -0.3 is 20.1 Å². The Kier molecular flexibility index (Phi) is 3.71. The lowest BCUT2D eigenvalue weighted by molar-refractivity contribution is -0.142. The van der Waals surface area contributed by atoms with Crippen LogP contribution in [0, 0.1) is 11.8 Å². The number of nitrogens with zero attached hydrogens (tertiary/aromatic N) is 1. The van der Waals surface area contributed by atoms with Gasteiger partial charge in [-0.05, 0) is 26.2 Å². The van der Waals surface area contributed by atoms with Crippen LogP contribution in [0.5, 0.6) is 0 Å².